The van der Waals surface area contributed by atoms with E-state index in [0.717, 1.165) is 35.7 Å². The zero-order valence-electron chi connectivity index (χ0n) is 17.5. The highest BCUT2D eigenvalue weighted by molar-refractivity contribution is 5.78. The Morgan fingerprint density at radius 2 is 1.69 bits per heavy atom. The number of benzene rings is 2. The molecule has 0 unspecified atom stereocenters. The highest BCUT2D eigenvalue weighted by Crippen LogP contribution is 2.42. The van der Waals surface area contributed by atoms with Crippen molar-refractivity contribution >= 4 is 11.4 Å². The molecule has 8 heteroatoms. The molecule has 0 saturated carbocycles. The van der Waals surface area contributed by atoms with E-state index in [2.05, 4.69) is 33.2 Å². The normalized spacial score (nSPS) is 14.7. The van der Waals surface area contributed by atoms with E-state index >= 15 is 0 Å². The molecule has 0 aliphatic carbocycles. The van der Waals surface area contributed by atoms with Crippen LogP contribution in [0, 0.1) is 0 Å². The van der Waals surface area contributed by atoms with Crippen LogP contribution in [-0.2, 0) is 20.1 Å². The quantitative estimate of drug-likeness (QED) is 0.402. The number of aromatic nitrogens is 3. The maximum atomic E-state index is 12.1. The van der Waals surface area contributed by atoms with Crippen molar-refractivity contribution < 1.29 is 5.11 Å². The van der Waals surface area contributed by atoms with Gasteiger partial charge in [0.15, 0.2) is 5.75 Å². The van der Waals surface area contributed by atoms with Gasteiger partial charge in [-0.25, -0.2) is 0 Å². The number of nitrogens with one attached hydrogen (secondary N) is 3. The summed E-state index contributed by atoms with van der Waals surface area (Å²) < 4.78 is 3.27. The summed E-state index contributed by atoms with van der Waals surface area (Å²) in [6.45, 7) is 1.75. The molecule has 160 valence electrons. The van der Waals surface area contributed by atoms with E-state index in [0.29, 0.717) is 11.4 Å². The third-order valence-electron chi connectivity index (χ3n) is 6.15. The molecule has 0 saturated heterocycles. The van der Waals surface area contributed by atoms with Gasteiger partial charge in [-0.05, 0) is 41.5 Å². The maximum Gasteiger partial charge on any atom is 0.255 e. The lowest BCUT2D eigenvalue weighted by Crippen LogP contribution is -2.16. The van der Waals surface area contributed by atoms with Crippen LogP contribution >= 0.6 is 0 Å². The Morgan fingerprint density at radius 1 is 1.00 bits per heavy atom. The molecule has 2 aromatic carbocycles. The van der Waals surface area contributed by atoms with Gasteiger partial charge in [-0.2, -0.15) is 5.10 Å². The minimum absolute atomic E-state index is 0.0945. The average Bonchev–Trinajstić information content (AvgIpc) is 3.49. The average molecular weight is 426 g/mol. The van der Waals surface area contributed by atoms with Crippen molar-refractivity contribution in [2.75, 3.05) is 10.6 Å². The lowest BCUT2D eigenvalue weighted by Gasteiger charge is -2.13. The van der Waals surface area contributed by atoms with Crippen LogP contribution in [0.25, 0.3) is 16.9 Å². The Labute approximate surface area is 184 Å². The second-order valence-electron chi connectivity index (χ2n) is 8.15. The molecule has 4 aromatic rings. The molecule has 4 heterocycles. The van der Waals surface area contributed by atoms with E-state index in [1.54, 1.807) is 21.5 Å². The fourth-order valence-corrected chi connectivity index (χ4v) is 4.54. The Bertz CT molecular complexity index is 1370. The third-order valence-corrected chi connectivity index (χ3v) is 6.15. The zero-order chi connectivity index (χ0) is 21.8. The van der Waals surface area contributed by atoms with Crippen molar-refractivity contribution in [3.8, 4) is 22.7 Å². The molecular formula is C24H22N6O2. The summed E-state index contributed by atoms with van der Waals surface area (Å²) in [6.07, 6.45) is 1.45. The summed E-state index contributed by atoms with van der Waals surface area (Å²) >= 11 is 0. The van der Waals surface area contributed by atoms with Crippen molar-refractivity contribution in [2.24, 2.45) is 7.05 Å². The van der Waals surface area contributed by atoms with Crippen LogP contribution in [0.1, 0.15) is 23.0 Å². The van der Waals surface area contributed by atoms with Gasteiger partial charge in [0.25, 0.3) is 5.56 Å². The number of aromatic hydroxyl groups is 1. The smallest absolute Gasteiger partial charge is 0.255 e. The first kappa shape index (κ1) is 18.7. The number of anilines is 2. The molecule has 2 aromatic heterocycles. The maximum absolute atomic E-state index is 12.1. The first-order valence-corrected chi connectivity index (χ1v) is 10.5. The molecule has 0 spiro atoms. The van der Waals surface area contributed by atoms with Gasteiger partial charge in [0.1, 0.15) is 17.6 Å². The van der Waals surface area contributed by atoms with Crippen molar-refractivity contribution in [1.29, 1.82) is 0 Å². The van der Waals surface area contributed by atoms with Gasteiger partial charge >= 0.3 is 0 Å². The molecule has 0 amide bonds. The largest absolute Gasteiger partial charge is 0.504 e. The molecule has 2 aliphatic rings. The van der Waals surface area contributed by atoms with Crippen LogP contribution in [-0.4, -0.2) is 19.5 Å². The van der Waals surface area contributed by atoms with E-state index in [1.165, 1.54) is 17.2 Å². The topological polar surface area (TPSA) is 96.1 Å². The number of fused-ring (bicyclic) bond motifs is 2. The first-order chi connectivity index (χ1) is 15.6. The van der Waals surface area contributed by atoms with Crippen molar-refractivity contribution in [3.05, 3.63) is 88.0 Å². The van der Waals surface area contributed by atoms with Crippen LogP contribution < -0.4 is 21.5 Å². The van der Waals surface area contributed by atoms with Crippen LogP contribution in [0.2, 0.25) is 0 Å². The lowest BCUT2D eigenvalue weighted by molar-refractivity contribution is 0.464. The fourth-order valence-electron chi connectivity index (χ4n) is 4.54. The summed E-state index contributed by atoms with van der Waals surface area (Å²) in [6, 6.07) is 16.8. The summed E-state index contributed by atoms with van der Waals surface area (Å²) in [5, 5.41) is 25.9. The highest BCUT2D eigenvalue weighted by atomic mass is 16.3. The molecule has 6 rings (SSSR count). The van der Waals surface area contributed by atoms with Crippen LogP contribution in [0.15, 0.2) is 65.6 Å². The van der Waals surface area contributed by atoms with Gasteiger partial charge in [0.05, 0.1) is 11.4 Å². The molecule has 0 bridgehead atoms. The van der Waals surface area contributed by atoms with E-state index in [-0.39, 0.29) is 17.5 Å². The van der Waals surface area contributed by atoms with Crippen molar-refractivity contribution in [3.63, 3.8) is 0 Å². The molecule has 32 heavy (non-hydrogen) atoms. The van der Waals surface area contributed by atoms with Gasteiger partial charge in [-0.3, -0.25) is 14.0 Å². The molecule has 0 fully saturated rings. The number of hydrogen-bond acceptors (Lipinski definition) is 6. The zero-order valence-corrected chi connectivity index (χ0v) is 17.5. The SMILES string of the molecule is Cn1nc(-c2ccc(-n3ccccc3=O)cc2)c(O)c1C1Nc2cc3c(cc2N1)CNC3. The standard InChI is InChI=1S/C24H22N6O2/c1-29-22(24-26-18-10-15-12-25-13-16(15)11-19(18)27-24)23(32)21(28-29)14-5-7-17(8-6-14)30-9-3-2-4-20(30)31/h2-11,24-27,32H,12-13H2,1H3. The summed E-state index contributed by atoms with van der Waals surface area (Å²) in [5.74, 6) is 0.129. The van der Waals surface area contributed by atoms with Gasteiger partial charge in [-0.1, -0.05) is 18.2 Å². The van der Waals surface area contributed by atoms with Gasteiger partial charge in [0.2, 0.25) is 0 Å². The van der Waals surface area contributed by atoms with E-state index < -0.39 is 0 Å². The molecule has 0 atom stereocenters. The summed E-state index contributed by atoms with van der Waals surface area (Å²) in [4.78, 5) is 12.1. The lowest BCUT2D eigenvalue weighted by atomic mass is 10.1. The Kier molecular flexibility index (Phi) is 4.09. The minimum atomic E-state index is -0.283. The second-order valence-corrected chi connectivity index (χ2v) is 8.15. The monoisotopic (exact) mass is 426 g/mol. The van der Waals surface area contributed by atoms with Gasteiger partial charge < -0.3 is 21.1 Å². The molecule has 0 radical (unpaired) electrons. The Hall–Kier alpha value is -4.04. The highest BCUT2D eigenvalue weighted by Gasteiger charge is 2.30. The minimum Gasteiger partial charge on any atom is -0.504 e. The number of pyridine rings is 1. The van der Waals surface area contributed by atoms with E-state index in [1.807, 2.05) is 37.4 Å². The number of hydrogen-bond donors (Lipinski definition) is 4. The van der Waals surface area contributed by atoms with Crippen LogP contribution in [0.5, 0.6) is 5.75 Å². The Morgan fingerprint density at radius 3 is 2.34 bits per heavy atom. The second kappa shape index (κ2) is 7.00. The molecule has 4 N–H and O–H groups in total. The molecule has 8 nitrogen and oxygen atoms in total. The van der Waals surface area contributed by atoms with E-state index in [4.69, 9.17) is 0 Å². The number of aryl methyl sites for hydroxylation is 1. The van der Waals surface area contributed by atoms with E-state index in [9.17, 15) is 9.90 Å². The summed E-state index contributed by atoms with van der Waals surface area (Å²) in [7, 11) is 1.83. The van der Waals surface area contributed by atoms with Crippen LogP contribution in [0.3, 0.4) is 0 Å². The van der Waals surface area contributed by atoms with Gasteiger partial charge in [-0.15, -0.1) is 0 Å². The molecule has 2 aliphatic heterocycles. The number of rotatable bonds is 3. The fraction of sp³-hybridized carbons (Fsp3) is 0.167. The first-order valence-electron chi connectivity index (χ1n) is 10.5. The van der Waals surface area contributed by atoms with Crippen LogP contribution in [0.4, 0.5) is 11.4 Å². The predicted octanol–water partition coefficient (Wildman–Crippen LogP) is 3.08. The van der Waals surface area contributed by atoms with Crippen molar-refractivity contribution in [1.82, 2.24) is 19.7 Å². The predicted molar refractivity (Wildman–Crippen MR) is 123 cm³/mol. The number of nitrogens with zero attached hydrogens (tertiary/aromatic N) is 3. The van der Waals surface area contributed by atoms with Gasteiger partial charge in [0, 0.05) is 43.7 Å². The Balaban J connectivity index is 1.31. The van der Waals surface area contributed by atoms with Crippen molar-refractivity contribution in [2.45, 2.75) is 19.3 Å². The molecular weight excluding hydrogens is 404 g/mol. The third kappa shape index (κ3) is 2.88. The summed E-state index contributed by atoms with van der Waals surface area (Å²) in [5.41, 5.74) is 7.25.